The second kappa shape index (κ2) is 3.67. The zero-order valence-corrected chi connectivity index (χ0v) is 8.77. The standard InChI is InChI=1S/C7H9F3N4S/c1-15-13-2-3-14-5(4-13)11-12-6(14)7(8,9)10/h2-4H2,1H3. The van der Waals surface area contributed by atoms with Crippen LogP contribution in [0.2, 0.25) is 0 Å². The average Bonchev–Trinajstić information content (AvgIpc) is 2.59. The Morgan fingerprint density at radius 2 is 2.00 bits per heavy atom. The predicted octanol–water partition coefficient (Wildman–Crippen LogP) is 1.39. The highest BCUT2D eigenvalue weighted by Gasteiger charge is 2.39. The molecule has 15 heavy (non-hydrogen) atoms. The lowest BCUT2D eigenvalue weighted by Crippen LogP contribution is -2.30. The SMILES string of the molecule is CSN1CCn2c(nnc2C(F)(F)F)C1. The van der Waals surface area contributed by atoms with Gasteiger partial charge in [0.05, 0.1) is 6.54 Å². The molecule has 0 bridgehead atoms. The molecule has 0 aliphatic carbocycles. The van der Waals surface area contributed by atoms with Crippen LogP contribution in [-0.2, 0) is 19.3 Å². The molecule has 0 atom stereocenters. The van der Waals surface area contributed by atoms with Crippen LogP contribution >= 0.6 is 11.9 Å². The van der Waals surface area contributed by atoms with Gasteiger partial charge in [0.15, 0.2) is 0 Å². The molecule has 0 saturated heterocycles. The molecule has 2 heterocycles. The molecule has 2 rings (SSSR count). The number of alkyl halides is 3. The van der Waals surface area contributed by atoms with Gasteiger partial charge in [-0.15, -0.1) is 10.2 Å². The van der Waals surface area contributed by atoms with E-state index in [1.165, 1.54) is 11.9 Å². The van der Waals surface area contributed by atoms with Crippen molar-refractivity contribution < 1.29 is 13.2 Å². The maximum atomic E-state index is 12.4. The van der Waals surface area contributed by atoms with Crippen LogP contribution in [0, 0.1) is 0 Å². The topological polar surface area (TPSA) is 34.0 Å². The van der Waals surface area contributed by atoms with Gasteiger partial charge in [0.2, 0.25) is 5.82 Å². The first-order valence-corrected chi connectivity index (χ1v) is 5.49. The third-order valence-corrected chi connectivity index (χ3v) is 3.06. The minimum absolute atomic E-state index is 0.290. The highest BCUT2D eigenvalue weighted by molar-refractivity contribution is 7.96. The summed E-state index contributed by atoms with van der Waals surface area (Å²) in [5.74, 6) is -0.513. The van der Waals surface area contributed by atoms with E-state index in [2.05, 4.69) is 10.2 Å². The van der Waals surface area contributed by atoms with Gasteiger partial charge in [-0.05, 0) is 6.26 Å². The number of fused-ring (bicyclic) bond motifs is 1. The van der Waals surface area contributed by atoms with Gasteiger partial charge in [-0.25, -0.2) is 4.31 Å². The van der Waals surface area contributed by atoms with Crippen molar-refractivity contribution in [2.24, 2.45) is 0 Å². The van der Waals surface area contributed by atoms with Crippen LogP contribution in [-0.4, -0.2) is 31.9 Å². The molecule has 0 fully saturated rings. The van der Waals surface area contributed by atoms with Gasteiger partial charge in [-0.2, -0.15) is 13.2 Å². The summed E-state index contributed by atoms with van der Waals surface area (Å²) in [4.78, 5) is 0. The van der Waals surface area contributed by atoms with E-state index < -0.39 is 12.0 Å². The van der Waals surface area contributed by atoms with Crippen LogP contribution in [0.4, 0.5) is 13.2 Å². The van der Waals surface area contributed by atoms with Crippen LogP contribution in [0.15, 0.2) is 0 Å². The lowest BCUT2D eigenvalue weighted by molar-refractivity contribution is -0.147. The van der Waals surface area contributed by atoms with Crippen molar-refractivity contribution in [1.82, 2.24) is 19.1 Å². The molecular formula is C7H9F3N4S. The fraction of sp³-hybridized carbons (Fsp3) is 0.714. The van der Waals surface area contributed by atoms with E-state index in [0.29, 0.717) is 18.9 Å². The van der Waals surface area contributed by atoms with Gasteiger partial charge in [0, 0.05) is 13.1 Å². The normalized spacial score (nSPS) is 17.9. The highest BCUT2D eigenvalue weighted by atomic mass is 32.2. The summed E-state index contributed by atoms with van der Waals surface area (Å²) in [5, 5.41) is 6.75. The van der Waals surface area contributed by atoms with Crippen molar-refractivity contribution in [3.05, 3.63) is 11.6 Å². The zero-order chi connectivity index (χ0) is 11.1. The van der Waals surface area contributed by atoms with E-state index in [9.17, 15) is 13.2 Å². The summed E-state index contributed by atoms with van der Waals surface area (Å²) >= 11 is 1.50. The van der Waals surface area contributed by atoms with Gasteiger partial charge in [-0.3, -0.25) is 0 Å². The number of nitrogens with zero attached hydrogens (tertiary/aromatic N) is 4. The summed E-state index contributed by atoms with van der Waals surface area (Å²) in [6.45, 7) is 1.28. The van der Waals surface area contributed by atoms with Crippen molar-refractivity contribution in [2.75, 3.05) is 12.8 Å². The molecule has 0 radical (unpaired) electrons. The van der Waals surface area contributed by atoms with E-state index in [-0.39, 0.29) is 6.54 Å². The maximum absolute atomic E-state index is 12.4. The molecule has 8 heteroatoms. The van der Waals surface area contributed by atoms with E-state index in [0.717, 1.165) is 4.57 Å². The van der Waals surface area contributed by atoms with Gasteiger partial charge in [0.1, 0.15) is 5.82 Å². The third-order valence-electron chi connectivity index (χ3n) is 2.23. The van der Waals surface area contributed by atoms with Gasteiger partial charge in [-0.1, -0.05) is 11.9 Å². The first-order chi connectivity index (χ1) is 7.02. The van der Waals surface area contributed by atoms with Crippen molar-refractivity contribution in [3.63, 3.8) is 0 Å². The summed E-state index contributed by atoms with van der Waals surface area (Å²) in [6, 6.07) is 0. The number of rotatable bonds is 1. The highest BCUT2D eigenvalue weighted by Crippen LogP contribution is 2.29. The van der Waals surface area contributed by atoms with Crippen LogP contribution in [0.1, 0.15) is 11.6 Å². The average molecular weight is 238 g/mol. The van der Waals surface area contributed by atoms with E-state index >= 15 is 0 Å². The van der Waals surface area contributed by atoms with E-state index in [1.54, 1.807) is 0 Å². The van der Waals surface area contributed by atoms with E-state index in [4.69, 9.17) is 0 Å². The molecule has 1 aromatic heterocycles. The minimum Gasteiger partial charge on any atom is -0.305 e. The Labute approximate surface area is 88.6 Å². The minimum atomic E-state index is -4.41. The second-order valence-electron chi connectivity index (χ2n) is 3.14. The van der Waals surface area contributed by atoms with Crippen molar-refractivity contribution >= 4 is 11.9 Å². The number of hydrogen-bond donors (Lipinski definition) is 0. The summed E-state index contributed by atoms with van der Waals surface area (Å²) in [5.41, 5.74) is 0. The van der Waals surface area contributed by atoms with Crippen molar-refractivity contribution in [2.45, 2.75) is 19.3 Å². The Balaban J connectivity index is 2.30. The smallest absolute Gasteiger partial charge is 0.305 e. The van der Waals surface area contributed by atoms with E-state index in [1.807, 2.05) is 10.6 Å². The monoisotopic (exact) mass is 238 g/mol. The molecule has 4 nitrogen and oxygen atoms in total. The first-order valence-electron chi connectivity index (χ1n) is 4.30. The van der Waals surface area contributed by atoms with Crippen LogP contribution in [0.3, 0.4) is 0 Å². The molecule has 0 spiro atoms. The summed E-state index contributed by atoms with van der Waals surface area (Å²) < 4.78 is 40.4. The van der Waals surface area contributed by atoms with Crippen molar-refractivity contribution in [3.8, 4) is 0 Å². The summed E-state index contributed by atoms with van der Waals surface area (Å²) in [6.07, 6.45) is -2.52. The molecule has 1 aromatic rings. The van der Waals surface area contributed by atoms with Crippen LogP contribution < -0.4 is 0 Å². The number of halogens is 3. The molecule has 1 aliphatic heterocycles. The van der Waals surface area contributed by atoms with Gasteiger partial charge < -0.3 is 4.57 Å². The van der Waals surface area contributed by atoms with Gasteiger partial charge >= 0.3 is 6.18 Å². The largest absolute Gasteiger partial charge is 0.451 e. The molecule has 1 aliphatic rings. The van der Waals surface area contributed by atoms with Crippen LogP contribution in [0.25, 0.3) is 0 Å². The molecule has 0 unspecified atom stereocenters. The Morgan fingerprint density at radius 3 is 2.60 bits per heavy atom. The molecule has 0 N–H and O–H groups in total. The molecular weight excluding hydrogens is 229 g/mol. The fourth-order valence-electron chi connectivity index (χ4n) is 1.50. The predicted molar refractivity (Wildman–Crippen MR) is 48.9 cm³/mol. The maximum Gasteiger partial charge on any atom is 0.451 e. The molecule has 84 valence electrons. The Hall–Kier alpha value is -0.760. The number of hydrogen-bond acceptors (Lipinski definition) is 4. The Kier molecular flexibility index (Phi) is 2.63. The second-order valence-corrected chi connectivity index (χ2v) is 4.02. The van der Waals surface area contributed by atoms with Crippen molar-refractivity contribution in [1.29, 1.82) is 0 Å². The first kappa shape index (κ1) is 10.7. The molecule has 0 saturated carbocycles. The zero-order valence-electron chi connectivity index (χ0n) is 7.95. The fourth-order valence-corrected chi connectivity index (χ4v) is 2.01. The lowest BCUT2D eigenvalue weighted by atomic mass is 10.4. The Morgan fingerprint density at radius 1 is 1.27 bits per heavy atom. The third kappa shape index (κ3) is 1.96. The molecule has 0 amide bonds. The Bertz CT molecular complexity index is 362. The number of aromatic nitrogens is 3. The van der Waals surface area contributed by atoms with Crippen LogP contribution in [0.5, 0.6) is 0 Å². The lowest BCUT2D eigenvalue weighted by Gasteiger charge is -2.25. The quantitative estimate of drug-likeness (QED) is 0.692. The molecule has 0 aromatic carbocycles. The summed E-state index contributed by atoms with van der Waals surface area (Å²) in [7, 11) is 0. The van der Waals surface area contributed by atoms with Gasteiger partial charge in [0.25, 0.3) is 0 Å².